The van der Waals surface area contributed by atoms with Crippen LogP contribution in [0.1, 0.15) is 33.4 Å². The van der Waals surface area contributed by atoms with Crippen molar-refractivity contribution in [3.8, 4) is 0 Å². The van der Waals surface area contributed by atoms with E-state index in [0.717, 1.165) is 0 Å². The molecule has 0 heterocycles. The van der Waals surface area contributed by atoms with E-state index in [4.69, 9.17) is 0 Å². The summed E-state index contributed by atoms with van der Waals surface area (Å²) in [5.74, 6) is 0. The van der Waals surface area contributed by atoms with Crippen molar-refractivity contribution in [2.75, 3.05) is 0 Å². The molecule has 98 valence electrons. The summed E-state index contributed by atoms with van der Waals surface area (Å²) >= 11 is 2.35. The third-order valence-electron chi connectivity index (χ3n) is 3.42. The Kier molecular flexibility index (Phi) is 4.46. The van der Waals surface area contributed by atoms with Crippen LogP contribution in [0.15, 0.2) is 40.5 Å². The third-order valence-corrected chi connectivity index (χ3v) is 4.04. The quantitative estimate of drug-likeness (QED) is 0.597. The van der Waals surface area contributed by atoms with Gasteiger partial charge in [-0.1, -0.05) is 70.1 Å². The topological polar surface area (TPSA) is 0 Å². The van der Waals surface area contributed by atoms with Crippen molar-refractivity contribution in [3.63, 3.8) is 0 Å². The predicted molar refractivity (Wildman–Crippen MR) is 92.9 cm³/mol. The van der Waals surface area contributed by atoms with Gasteiger partial charge in [0.15, 0.2) is 0 Å². The molecule has 0 fully saturated rings. The maximum Gasteiger partial charge on any atom is -0.00454 e. The van der Waals surface area contributed by atoms with Crippen LogP contribution in [-0.4, -0.2) is 0 Å². The smallest absolute Gasteiger partial charge is 0.00454 e. The number of hydrogen-bond acceptors (Lipinski definition) is 0. The van der Waals surface area contributed by atoms with Crippen molar-refractivity contribution in [2.24, 2.45) is 0 Å². The second-order valence-electron chi connectivity index (χ2n) is 5.16. The van der Waals surface area contributed by atoms with Crippen molar-refractivity contribution in [3.05, 3.63) is 73.9 Å². The standard InChI is InChI=1S/C18H19I/c1-12-5-7-16(8-6-12)17(11-19)18-14(3)9-13(2)10-15(18)4/h5-11H,1-4H3/b17-11+. The molecule has 0 aliphatic rings. The van der Waals surface area contributed by atoms with E-state index in [-0.39, 0.29) is 0 Å². The molecule has 0 radical (unpaired) electrons. The summed E-state index contributed by atoms with van der Waals surface area (Å²) in [6, 6.07) is 13.3. The summed E-state index contributed by atoms with van der Waals surface area (Å²) < 4.78 is 2.19. The first-order valence-electron chi connectivity index (χ1n) is 6.48. The molecule has 0 nitrogen and oxygen atoms in total. The van der Waals surface area contributed by atoms with Gasteiger partial charge in [0.25, 0.3) is 0 Å². The molecule has 1 heteroatoms. The van der Waals surface area contributed by atoms with Crippen LogP contribution in [0.2, 0.25) is 0 Å². The first-order valence-corrected chi connectivity index (χ1v) is 7.73. The molecule has 19 heavy (non-hydrogen) atoms. The highest BCUT2D eigenvalue weighted by Gasteiger charge is 2.10. The Bertz CT molecular complexity index is 596. The molecule has 0 atom stereocenters. The molecule has 0 unspecified atom stereocenters. The normalized spacial score (nSPS) is 11.7. The zero-order valence-electron chi connectivity index (χ0n) is 11.9. The van der Waals surface area contributed by atoms with Gasteiger partial charge in [-0.05, 0) is 59.6 Å². The van der Waals surface area contributed by atoms with Gasteiger partial charge < -0.3 is 0 Å². The van der Waals surface area contributed by atoms with Gasteiger partial charge in [-0.2, -0.15) is 0 Å². The van der Waals surface area contributed by atoms with Gasteiger partial charge in [-0.3, -0.25) is 0 Å². The summed E-state index contributed by atoms with van der Waals surface area (Å²) in [6.07, 6.45) is 0. The van der Waals surface area contributed by atoms with Crippen LogP contribution in [0.25, 0.3) is 5.57 Å². The van der Waals surface area contributed by atoms with E-state index in [1.54, 1.807) is 0 Å². The number of rotatable bonds is 2. The number of halogens is 1. The van der Waals surface area contributed by atoms with Gasteiger partial charge in [-0.25, -0.2) is 0 Å². The van der Waals surface area contributed by atoms with Gasteiger partial charge in [0.05, 0.1) is 0 Å². The fourth-order valence-electron chi connectivity index (χ4n) is 2.60. The van der Waals surface area contributed by atoms with Gasteiger partial charge >= 0.3 is 0 Å². The average molecular weight is 362 g/mol. The first kappa shape index (κ1) is 14.3. The molecule has 2 aromatic carbocycles. The molecule has 0 saturated heterocycles. The van der Waals surface area contributed by atoms with Crippen molar-refractivity contribution < 1.29 is 0 Å². The summed E-state index contributed by atoms with van der Waals surface area (Å²) in [6.45, 7) is 8.68. The van der Waals surface area contributed by atoms with Crippen LogP contribution in [-0.2, 0) is 0 Å². The van der Waals surface area contributed by atoms with Crippen molar-refractivity contribution >= 4 is 28.2 Å². The van der Waals surface area contributed by atoms with Gasteiger partial charge in [0.2, 0.25) is 0 Å². The second kappa shape index (κ2) is 5.91. The van der Waals surface area contributed by atoms with E-state index in [9.17, 15) is 0 Å². The lowest BCUT2D eigenvalue weighted by atomic mass is 9.90. The summed E-state index contributed by atoms with van der Waals surface area (Å²) in [5.41, 5.74) is 9.29. The van der Waals surface area contributed by atoms with E-state index < -0.39 is 0 Å². The number of benzene rings is 2. The highest BCUT2D eigenvalue weighted by atomic mass is 127. The Morgan fingerprint density at radius 2 is 1.37 bits per heavy atom. The molecule has 0 N–H and O–H groups in total. The highest BCUT2D eigenvalue weighted by molar-refractivity contribution is 14.1. The van der Waals surface area contributed by atoms with E-state index in [0.29, 0.717) is 0 Å². The minimum atomic E-state index is 1.29. The molecule has 0 aliphatic heterocycles. The minimum absolute atomic E-state index is 1.29. The lowest BCUT2D eigenvalue weighted by molar-refractivity contribution is 1.29. The average Bonchev–Trinajstić information content (AvgIpc) is 2.35. The molecule has 2 rings (SSSR count). The lowest BCUT2D eigenvalue weighted by Gasteiger charge is -2.15. The first-order chi connectivity index (χ1) is 9.02. The molecular weight excluding hydrogens is 343 g/mol. The Balaban J connectivity index is 2.58. The van der Waals surface area contributed by atoms with Crippen LogP contribution in [0, 0.1) is 27.7 Å². The summed E-state index contributed by atoms with van der Waals surface area (Å²) in [4.78, 5) is 0. The van der Waals surface area contributed by atoms with Crippen molar-refractivity contribution in [2.45, 2.75) is 27.7 Å². The van der Waals surface area contributed by atoms with E-state index >= 15 is 0 Å². The largest absolute Gasteiger partial charge is 0.0587 e. The molecule has 0 amide bonds. The SMILES string of the molecule is Cc1ccc(/C(=C\I)c2c(C)cc(C)cc2C)cc1. The fourth-order valence-corrected chi connectivity index (χ4v) is 3.27. The molecule has 0 aromatic heterocycles. The molecular formula is C18H19I. The Morgan fingerprint density at radius 1 is 0.842 bits per heavy atom. The van der Waals surface area contributed by atoms with E-state index in [1.807, 2.05) is 0 Å². The third kappa shape index (κ3) is 3.08. The van der Waals surface area contributed by atoms with Crippen LogP contribution in [0.4, 0.5) is 0 Å². The van der Waals surface area contributed by atoms with Crippen molar-refractivity contribution in [1.29, 1.82) is 0 Å². The Morgan fingerprint density at radius 3 is 1.84 bits per heavy atom. The zero-order chi connectivity index (χ0) is 14.0. The molecule has 0 aliphatic carbocycles. The Hall–Kier alpha value is -1.09. The maximum atomic E-state index is 2.35. The predicted octanol–water partition coefficient (Wildman–Crippen LogP) is 5.74. The second-order valence-corrected chi connectivity index (χ2v) is 5.79. The van der Waals surface area contributed by atoms with Gasteiger partial charge in [0.1, 0.15) is 0 Å². The van der Waals surface area contributed by atoms with Crippen LogP contribution < -0.4 is 0 Å². The number of hydrogen-bond donors (Lipinski definition) is 0. The van der Waals surface area contributed by atoms with Crippen LogP contribution >= 0.6 is 22.6 Å². The van der Waals surface area contributed by atoms with E-state index in [2.05, 4.69) is 90.8 Å². The number of aryl methyl sites for hydroxylation is 4. The summed E-state index contributed by atoms with van der Waals surface area (Å²) in [5, 5.41) is 0. The monoisotopic (exact) mass is 362 g/mol. The van der Waals surface area contributed by atoms with Gasteiger partial charge in [0, 0.05) is 0 Å². The molecule has 0 bridgehead atoms. The van der Waals surface area contributed by atoms with E-state index in [1.165, 1.54) is 39.0 Å². The van der Waals surface area contributed by atoms with Crippen molar-refractivity contribution in [1.82, 2.24) is 0 Å². The minimum Gasteiger partial charge on any atom is -0.0587 e. The maximum absolute atomic E-state index is 2.35. The fraction of sp³-hybridized carbons (Fsp3) is 0.222. The summed E-state index contributed by atoms with van der Waals surface area (Å²) in [7, 11) is 0. The Labute approximate surface area is 129 Å². The van der Waals surface area contributed by atoms with Gasteiger partial charge in [-0.15, -0.1) is 0 Å². The molecule has 2 aromatic rings. The highest BCUT2D eigenvalue weighted by Crippen LogP contribution is 2.31. The van der Waals surface area contributed by atoms with Crippen LogP contribution in [0.3, 0.4) is 0 Å². The lowest BCUT2D eigenvalue weighted by Crippen LogP contribution is -1.96. The molecule has 0 spiro atoms. The zero-order valence-corrected chi connectivity index (χ0v) is 14.1. The molecule has 0 saturated carbocycles. The van der Waals surface area contributed by atoms with Crippen LogP contribution in [0.5, 0.6) is 0 Å².